The van der Waals surface area contributed by atoms with E-state index in [9.17, 15) is 4.79 Å². The minimum atomic E-state index is -0.385. The van der Waals surface area contributed by atoms with Gasteiger partial charge in [-0.2, -0.15) is 0 Å². The van der Waals surface area contributed by atoms with Gasteiger partial charge in [-0.3, -0.25) is 0 Å². The van der Waals surface area contributed by atoms with Crippen molar-refractivity contribution in [1.29, 1.82) is 0 Å². The van der Waals surface area contributed by atoms with E-state index in [2.05, 4.69) is 17.2 Å². The Hall–Kier alpha value is -3.03. The lowest BCUT2D eigenvalue weighted by Crippen LogP contribution is -2.19. The first-order valence-electron chi connectivity index (χ1n) is 7.97. The lowest BCUT2D eigenvalue weighted by atomic mass is 9.99. The summed E-state index contributed by atoms with van der Waals surface area (Å²) < 4.78 is 5.47. The Morgan fingerprint density at radius 1 is 0.920 bits per heavy atom. The lowest BCUT2D eigenvalue weighted by molar-refractivity contribution is 0.134. The number of hydrogen-bond donors (Lipinski definition) is 1. The van der Waals surface area contributed by atoms with Gasteiger partial charge in [-0.05, 0) is 41.3 Å². The van der Waals surface area contributed by atoms with E-state index in [0.717, 1.165) is 21.6 Å². The molecule has 3 nitrogen and oxygen atoms in total. The first-order chi connectivity index (χ1) is 12.3. The van der Waals surface area contributed by atoms with E-state index in [0.29, 0.717) is 0 Å². The molecule has 2 aromatic carbocycles. The first-order valence-corrected chi connectivity index (χ1v) is 8.85. The number of benzene rings is 2. The van der Waals surface area contributed by atoms with Crippen molar-refractivity contribution in [2.75, 3.05) is 0 Å². The molecular formula is C21H15NO2S. The van der Waals surface area contributed by atoms with Crippen molar-refractivity contribution in [3.63, 3.8) is 0 Å². The highest BCUT2D eigenvalue weighted by Gasteiger charge is 2.36. The summed E-state index contributed by atoms with van der Waals surface area (Å²) in [5.74, 6) is 6.34. The Kier molecular flexibility index (Phi) is 4.24. The van der Waals surface area contributed by atoms with Gasteiger partial charge in [-0.25, -0.2) is 4.79 Å². The third kappa shape index (κ3) is 3.42. The molecule has 0 radical (unpaired) electrons. The van der Waals surface area contributed by atoms with Gasteiger partial charge in [0.05, 0.1) is 6.04 Å². The van der Waals surface area contributed by atoms with Crippen LogP contribution >= 0.6 is 11.3 Å². The Morgan fingerprint density at radius 3 is 2.52 bits per heavy atom. The molecule has 1 amide bonds. The van der Waals surface area contributed by atoms with Gasteiger partial charge in [0.1, 0.15) is 0 Å². The second kappa shape index (κ2) is 6.84. The van der Waals surface area contributed by atoms with Crippen LogP contribution in [-0.4, -0.2) is 6.09 Å². The molecule has 3 aromatic rings. The molecule has 1 aliphatic rings. The number of cyclic esters (lactones) is 1. The van der Waals surface area contributed by atoms with Gasteiger partial charge in [-0.1, -0.05) is 48.2 Å². The second-order valence-electron chi connectivity index (χ2n) is 5.70. The highest BCUT2D eigenvalue weighted by molar-refractivity contribution is 7.10. The maximum atomic E-state index is 11.8. The van der Waals surface area contributed by atoms with Crippen LogP contribution in [0.3, 0.4) is 0 Å². The van der Waals surface area contributed by atoms with Gasteiger partial charge in [0, 0.05) is 16.0 Å². The molecule has 0 bridgehead atoms. The summed E-state index contributed by atoms with van der Waals surface area (Å²) in [6.45, 7) is 0. The van der Waals surface area contributed by atoms with Crippen LogP contribution < -0.4 is 5.32 Å². The molecule has 1 aromatic heterocycles. The topological polar surface area (TPSA) is 38.3 Å². The Labute approximate surface area is 150 Å². The standard InChI is InChI=1S/C21H15NO2S/c23-21-22-19(20(24-21)18-10-5-13-25-18)17-9-4-8-16(14-17)12-11-15-6-2-1-3-7-15/h1-10,13-14,19-20H,(H,22,23)/t19-,20-/m1/s1. The van der Waals surface area contributed by atoms with Crippen molar-refractivity contribution in [3.8, 4) is 11.8 Å². The average molecular weight is 345 g/mol. The van der Waals surface area contributed by atoms with Crippen molar-refractivity contribution in [2.24, 2.45) is 0 Å². The molecule has 0 spiro atoms. The molecule has 122 valence electrons. The molecule has 1 N–H and O–H groups in total. The molecule has 0 aliphatic carbocycles. The van der Waals surface area contributed by atoms with Crippen LogP contribution in [0.4, 0.5) is 4.79 Å². The molecule has 4 heteroatoms. The van der Waals surface area contributed by atoms with Gasteiger partial charge >= 0.3 is 6.09 Å². The van der Waals surface area contributed by atoms with E-state index in [4.69, 9.17) is 4.74 Å². The number of amides is 1. The normalized spacial score (nSPS) is 18.8. The summed E-state index contributed by atoms with van der Waals surface area (Å²) in [6, 6.07) is 21.6. The van der Waals surface area contributed by atoms with Crippen molar-refractivity contribution in [1.82, 2.24) is 5.32 Å². The summed E-state index contributed by atoms with van der Waals surface area (Å²) >= 11 is 1.59. The SMILES string of the molecule is O=C1N[C@H](c2cccc(C#Cc3ccccc3)c2)[C@@H](c2cccs2)O1. The summed E-state index contributed by atoms with van der Waals surface area (Å²) in [5, 5.41) is 4.89. The maximum absolute atomic E-state index is 11.8. The molecule has 1 fully saturated rings. The number of thiophene rings is 1. The van der Waals surface area contributed by atoms with E-state index in [1.54, 1.807) is 11.3 Å². The Morgan fingerprint density at radius 2 is 1.72 bits per heavy atom. The molecular weight excluding hydrogens is 330 g/mol. The fraction of sp³-hybridized carbons (Fsp3) is 0.0952. The molecule has 1 saturated heterocycles. The third-order valence-corrected chi connectivity index (χ3v) is 4.94. The van der Waals surface area contributed by atoms with Crippen LogP contribution in [0.15, 0.2) is 72.1 Å². The zero-order valence-corrected chi connectivity index (χ0v) is 14.1. The maximum Gasteiger partial charge on any atom is 0.408 e. The zero-order chi connectivity index (χ0) is 17.1. The first kappa shape index (κ1) is 15.5. The van der Waals surface area contributed by atoms with Crippen molar-refractivity contribution in [2.45, 2.75) is 12.1 Å². The number of ether oxygens (including phenoxy) is 1. The second-order valence-corrected chi connectivity index (χ2v) is 6.68. The Bertz CT molecular complexity index is 939. The van der Waals surface area contributed by atoms with Crippen LogP contribution in [0.25, 0.3) is 0 Å². The number of alkyl carbamates (subject to hydrolysis) is 1. The smallest absolute Gasteiger partial charge is 0.408 e. The summed E-state index contributed by atoms with van der Waals surface area (Å²) in [6.07, 6.45) is -0.686. The lowest BCUT2D eigenvalue weighted by Gasteiger charge is -2.16. The average Bonchev–Trinajstić information content (AvgIpc) is 3.30. The van der Waals surface area contributed by atoms with Crippen molar-refractivity contribution >= 4 is 17.4 Å². The molecule has 0 unspecified atom stereocenters. The highest BCUT2D eigenvalue weighted by Crippen LogP contribution is 2.38. The van der Waals surface area contributed by atoms with Crippen LogP contribution in [0, 0.1) is 11.8 Å². The van der Waals surface area contributed by atoms with Crippen molar-refractivity contribution < 1.29 is 9.53 Å². The third-order valence-electron chi connectivity index (χ3n) is 4.00. The molecule has 25 heavy (non-hydrogen) atoms. The van der Waals surface area contributed by atoms with E-state index < -0.39 is 0 Å². The van der Waals surface area contributed by atoms with E-state index in [1.807, 2.05) is 72.1 Å². The minimum absolute atomic E-state index is 0.204. The number of nitrogens with one attached hydrogen (secondary N) is 1. The number of carbonyl (C=O) groups is 1. The van der Waals surface area contributed by atoms with Gasteiger partial charge < -0.3 is 10.1 Å². The molecule has 4 rings (SSSR count). The minimum Gasteiger partial charge on any atom is -0.438 e. The van der Waals surface area contributed by atoms with Gasteiger partial charge in [0.25, 0.3) is 0 Å². The summed E-state index contributed by atoms with van der Waals surface area (Å²) in [5.41, 5.74) is 2.87. The van der Waals surface area contributed by atoms with Crippen LogP contribution in [0.5, 0.6) is 0 Å². The van der Waals surface area contributed by atoms with Gasteiger partial charge in [0.2, 0.25) is 0 Å². The van der Waals surface area contributed by atoms with Gasteiger partial charge in [0.15, 0.2) is 6.10 Å². The molecule has 2 atom stereocenters. The molecule has 2 heterocycles. The largest absolute Gasteiger partial charge is 0.438 e. The van der Waals surface area contributed by atoms with Gasteiger partial charge in [-0.15, -0.1) is 11.3 Å². The fourth-order valence-corrected chi connectivity index (χ4v) is 3.62. The van der Waals surface area contributed by atoms with Crippen LogP contribution in [0.1, 0.15) is 33.7 Å². The molecule has 1 aliphatic heterocycles. The summed E-state index contributed by atoms with van der Waals surface area (Å²) in [4.78, 5) is 12.8. The Balaban J connectivity index is 1.63. The predicted octanol–water partition coefficient (Wildman–Crippen LogP) is 4.67. The predicted molar refractivity (Wildman–Crippen MR) is 98.3 cm³/mol. The zero-order valence-electron chi connectivity index (χ0n) is 13.3. The quantitative estimate of drug-likeness (QED) is 0.686. The van der Waals surface area contributed by atoms with E-state index >= 15 is 0 Å². The van der Waals surface area contributed by atoms with E-state index in [-0.39, 0.29) is 18.2 Å². The van der Waals surface area contributed by atoms with Crippen LogP contribution in [0.2, 0.25) is 0 Å². The fourth-order valence-electron chi connectivity index (χ4n) is 2.83. The van der Waals surface area contributed by atoms with Crippen molar-refractivity contribution in [3.05, 3.63) is 93.7 Å². The highest BCUT2D eigenvalue weighted by atomic mass is 32.1. The number of hydrogen-bond acceptors (Lipinski definition) is 3. The molecule has 0 saturated carbocycles. The number of rotatable bonds is 2. The number of carbonyl (C=O) groups excluding carboxylic acids is 1. The monoisotopic (exact) mass is 345 g/mol. The van der Waals surface area contributed by atoms with Crippen LogP contribution in [-0.2, 0) is 4.74 Å². The van der Waals surface area contributed by atoms with E-state index in [1.165, 1.54) is 0 Å². The summed E-state index contributed by atoms with van der Waals surface area (Å²) in [7, 11) is 0.